The smallest absolute Gasteiger partial charge is 0.219 e. The highest BCUT2D eigenvalue weighted by Gasteiger charge is 2.04. The molecule has 4 heteroatoms. The van der Waals surface area contributed by atoms with Gasteiger partial charge in [0.05, 0.1) is 0 Å². The average molecular weight is 265 g/mol. The minimum Gasteiger partial charge on any atom is -0.439 e. The third-order valence-corrected chi connectivity index (χ3v) is 2.72. The Hall–Kier alpha value is -1.58. The van der Waals surface area contributed by atoms with E-state index in [4.69, 9.17) is 10.5 Å². The van der Waals surface area contributed by atoms with Crippen molar-refractivity contribution < 1.29 is 4.74 Å². The quantitative estimate of drug-likeness (QED) is 0.925. The molecule has 0 atom stereocenters. The van der Waals surface area contributed by atoms with Crippen molar-refractivity contribution >= 4 is 12.4 Å². The molecule has 2 N–H and O–H groups in total. The minimum absolute atomic E-state index is 0. The van der Waals surface area contributed by atoms with E-state index in [9.17, 15) is 0 Å². The van der Waals surface area contributed by atoms with Crippen LogP contribution in [0.3, 0.4) is 0 Å². The molecule has 1 aromatic heterocycles. The maximum Gasteiger partial charge on any atom is 0.219 e. The highest BCUT2D eigenvalue weighted by atomic mass is 35.5. The number of nitrogens with two attached hydrogens (primary N) is 1. The summed E-state index contributed by atoms with van der Waals surface area (Å²) in [5.74, 6) is 1.44. The van der Waals surface area contributed by atoms with Crippen molar-refractivity contribution in [3.05, 3.63) is 53.2 Å². The summed E-state index contributed by atoms with van der Waals surface area (Å²) in [7, 11) is 0. The molecule has 0 aliphatic carbocycles. The van der Waals surface area contributed by atoms with Crippen molar-refractivity contribution in [1.29, 1.82) is 0 Å². The van der Waals surface area contributed by atoms with E-state index in [0.717, 1.165) is 22.4 Å². The van der Waals surface area contributed by atoms with Crippen LogP contribution in [0.1, 0.15) is 16.7 Å². The molecule has 0 unspecified atom stereocenters. The summed E-state index contributed by atoms with van der Waals surface area (Å²) in [5, 5.41) is 0. The number of benzene rings is 1. The van der Waals surface area contributed by atoms with Gasteiger partial charge < -0.3 is 10.5 Å². The molecule has 0 amide bonds. The normalized spacial score (nSPS) is 9.72. The molecule has 0 aliphatic rings. The lowest BCUT2D eigenvalue weighted by atomic mass is 10.1. The van der Waals surface area contributed by atoms with Crippen LogP contribution in [0.15, 0.2) is 36.5 Å². The van der Waals surface area contributed by atoms with E-state index in [1.807, 2.05) is 44.2 Å². The molecule has 96 valence electrons. The van der Waals surface area contributed by atoms with Gasteiger partial charge in [-0.25, -0.2) is 4.98 Å². The Labute approximate surface area is 113 Å². The fourth-order valence-electron chi connectivity index (χ4n) is 1.61. The molecule has 0 bridgehead atoms. The first-order valence-electron chi connectivity index (χ1n) is 5.60. The largest absolute Gasteiger partial charge is 0.439 e. The Kier molecular flexibility index (Phi) is 5.13. The number of para-hydroxylation sites is 1. The third-order valence-electron chi connectivity index (χ3n) is 2.72. The van der Waals surface area contributed by atoms with E-state index in [-0.39, 0.29) is 12.4 Å². The van der Waals surface area contributed by atoms with Crippen molar-refractivity contribution in [3.8, 4) is 11.6 Å². The summed E-state index contributed by atoms with van der Waals surface area (Å²) in [5.41, 5.74) is 8.84. The van der Waals surface area contributed by atoms with Crippen molar-refractivity contribution in [2.45, 2.75) is 20.4 Å². The maximum atomic E-state index is 5.74. The van der Waals surface area contributed by atoms with Gasteiger partial charge in [0.1, 0.15) is 5.75 Å². The SMILES string of the molecule is Cc1cc(Oc2ccccc2C)ncc1CN.Cl. The Morgan fingerprint density at radius 3 is 2.50 bits per heavy atom. The summed E-state index contributed by atoms with van der Waals surface area (Å²) in [6.45, 7) is 4.52. The van der Waals surface area contributed by atoms with Gasteiger partial charge in [-0.2, -0.15) is 0 Å². The van der Waals surface area contributed by atoms with Crippen LogP contribution in [-0.2, 0) is 6.54 Å². The van der Waals surface area contributed by atoms with Crippen LogP contribution in [-0.4, -0.2) is 4.98 Å². The van der Waals surface area contributed by atoms with E-state index in [1.54, 1.807) is 6.20 Å². The van der Waals surface area contributed by atoms with Gasteiger partial charge in [0.15, 0.2) is 0 Å². The second kappa shape index (κ2) is 6.38. The van der Waals surface area contributed by atoms with Gasteiger partial charge in [-0.05, 0) is 36.6 Å². The summed E-state index contributed by atoms with van der Waals surface area (Å²) >= 11 is 0. The third kappa shape index (κ3) is 3.22. The Bertz CT molecular complexity index is 529. The molecular weight excluding hydrogens is 248 g/mol. The average Bonchev–Trinajstić information content (AvgIpc) is 2.32. The zero-order valence-electron chi connectivity index (χ0n) is 10.5. The standard InChI is InChI=1S/C14H16N2O.ClH/c1-10-5-3-4-6-13(10)17-14-7-11(2)12(8-15)9-16-14;/h3-7,9H,8,15H2,1-2H3;1H. The van der Waals surface area contributed by atoms with E-state index in [2.05, 4.69) is 4.98 Å². The number of aryl methyl sites for hydroxylation is 2. The van der Waals surface area contributed by atoms with Gasteiger partial charge >= 0.3 is 0 Å². The zero-order chi connectivity index (χ0) is 12.3. The van der Waals surface area contributed by atoms with Crippen LogP contribution >= 0.6 is 12.4 Å². The molecule has 0 saturated heterocycles. The topological polar surface area (TPSA) is 48.1 Å². The molecule has 2 aromatic rings. The van der Waals surface area contributed by atoms with E-state index in [0.29, 0.717) is 12.4 Å². The molecule has 0 fully saturated rings. The Morgan fingerprint density at radius 2 is 1.89 bits per heavy atom. The van der Waals surface area contributed by atoms with Crippen LogP contribution in [0.5, 0.6) is 11.6 Å². The highest BCUT2D eigenvalue weighted by molar-refractivity contribution is 5.85. The molecule has 3 nitrogen and oxygen atoms in total. The second-order valence-electron chi connectivity index (χ2n) is 4.02. The number of ether oxygens (including phenoxy) is 1. The first-order chi connectivity index (χ1) is 8.20. The molecule has 0 radical (unpaired) electrons. The number of hydrogen-bond acceptors (Lipinski definition) is 3. The highest BCUT2D eigenvalue weighted by Crippen LogP contribution is 2.24. The molecular formula is C14H17ClN2O. The van der Waals surface area contributed by atoms with Crippen LogP contribution in [0, 0.1) is 13.8 Å². The number of nitrogens with zero attached hydrogens (tertiary/aromatic N) is 1. The Balaban J connectivity index is 0.00000162. The van der Waals surface area contributed by atoms with Gasteiger partial charge in [-0.3, -0.25) is 0 Å². The molecule has 2 rings (SSSR count). The van der Waals surface area contributed by atoms with Crippen LogP contribution in [0.4, 0.5) is 0 Å². The zero-order valence-corrected chi connectivity index (χ0v) is 11.3. The summed E-state index contributed by atoms with van der Waals surface area (Å²) in [4.78, 5) is 4.24. The summed E-state index contributed by atoms with van der Waals surface area (Å²) < 4.78 is 5.74. The predicted molar refractivity (Wildman–Crippen MR) is 75.4 cm³/mol. The summed E-state index contributed by atoms with van der Waals surface area (Å²) in [6.07, 6.45) is 1.77. The summed E-state index contributed by atoms with van der Waals surface area (Å²) in [6, 6.07) is 9.79. The molecule has 18 heavy (non-hydrogen) atoms. The van der Waals surface area contributed by atoms with Gasteiger partial charge in [0.25, 0.3) is 0 Å². The fourth-order valence-corrected chi connectivity index (χ4v) is 1.61. The van der Waals surface area contributed by atoms with E-state index in [1.165, 1.54) is 0 Å². The lowest BCUT2D eigenvalue weighted by Gasteiger charge is -2.09. The molecule has 1 heterocycles. The fraction of sp³-hybridized carbons (Fsp3) is 0.214. The van der Waals surface area contributed by atoms with Gasteiger partial charge in [0.2, 0.25) is 5.88 Å². The molecule has 0 saturated carbocycles. The van der Waals surface area contributed by atoms with Gasteiger partial charge in [-0.1, -0.05) is 18.2 Å². The number of rotatable bonds is 3. The van der Waals surface area contributed by atoms with Crippen LogP contribution < -0.4 is 10.5 Å². The lowest BCUT2D eigenvalue weighted by Crippen LogP contribution is -2.00. The van der Waals surface area contributed by atoms with Gasteiger partial charge in [-0.15, -0.1) is 12.4 Å². The van der Waals surface area contributed by atoms with Gasteiger partial charge in [0, 0.05) is 18.8 Å². The number of aromatic nitrogens is 1. The monoisotopic (exact) mass is 264 g/mol. The molecule has 0 aliphatic heterocycles. The van der Waals surface area contributed by atoms with E-state index < -0.39 is 0 Å². The van der Waals surface area contributed by atoms with Crippen molar-refractivity contribution in [2.24, 2.45) is 5.73 Å². The first kappa shape index (κ1) is 14.5. The van der Waals surface area contributed by atoms with Crippen molar-refractivity contribution in [3.63, 3.8) is 0 Å². The van der Waals surface area contributed by atoms with E-state index >= 15 is 0 Å². The lowest BCUT2D eigenvalue weighted by molar-refractivity contribution is 0.458. The Morgan fingerprint density at radius 1 is 1.17 bits per heavy atom. The predicted octanol–water partition coefficient (Wildman–Crippen LogP) is 3.37. The van der Waals surface area contributed by atoms with Crippen molar-refractivity contribution in [2.75, 3.05) is 0 Å². The number of pyridine rings is 1. The maximum absolute atomic E-state index is 5.74. The van der Waals surface area contributed by atoms with Crippen molar-refractivity contribution in [1.82, 2.24) is 4.98 Å². The van der Waals surface area contributed by atoms with Crippen LogP contribution in [0.25, 0.3) is 0 Å². The minimum atomic E-state index is 0. The number of halogens is 1. The van der Waals surface area contributed by atoms with Crippen LogP contribution in [0.2, 0.25) is 0 Å². The first-order valence-corrected chi connectivity index (χ1v) is 5.60. The molecule has 0 spiro atoms. The molecule has 1 aromatic carbocycles. The number of hydrogen-bond donors (Lipinski definition) is 1. The second-order valence-corrected chi connectivity index (χ2v) is 4.02.